The summed E-state index contributed by atoms with van der Waals surface area (Å²) in [5.41, 5.74) is 1.18. The van der Waals surface area contributed by atoms with Crippen molar-refractivity contribution < 1.29 is 9.53 Å². The molecule has 2 fully saturated rings. The molecule has 2 aromatic carbocycles. The first-order chi connectivity index (χ1) is 12.1. The quantitative estimate of drug-likeness (QED) is 0.796. The van der Waals surface area contributed by atoms with Crippen molar-refractivity contribution >= 4 is 16.7 Å². The van der Waals surface area contributed by atoms with Crippen molar-refractivity contribution in [2.45, 2.75) is 38.6 Å². The number of carbonyl (C=O) groups is 1. The molecular weight excluding hydrogens is 310 g/mol. The molecule has 0 radical (unpaired) electrons. The Balaban J connectivity index is 1.40. The van der Waals surface area contributed by atoms with Gasteiger partial charge in [-0.2, -0.15) is 0 Å². The molecule has 0 spiro atoms. The van der Waals surface area contributed by atoms with Gasteiger partial charge in [-0.25, -0.2) is 0 Å². The van der Waals surface area contributed by atoms with Gasteiger partial charge < -0.3 is 9.64 Å². The summed E-state index contributed by atoms with van der Waals surface area (Å²) < 4.78 is 5.28. The van der Waals surface area contributed by atoms with Crippen LogP contribution in [0.1, 0.15) is 37.7 Å². The predicted molar refractivity (Wildman–Crippen MR) is 101 cm³/mol. The van der Waals surface area contributed by atoms with Crippen LogP contribution >= 0.6 is 0 Å². The minimum absolute atomic E-state index is 0.298. The number of ether oxygens (including phenoxy) is 1. The summed E-state index contributed by atoms with van der Waals surface area (Å²) in [6.45, 7) is 0.682. The highest BCUT2D eigenvalue weighted by Crippen LogP contribution is 2.49. The fraction of sp³-hybridized carbons (Fsp3) is 0.500. The highest BCUT2D eigenvalue weighted by Gasteiger charge is 2.40. The number of fused-ring (bicyclic) bond motifs is 3. The third-order valence-corrected chi connectivity index (χ3v) is 6.28. The zero-order chi connectivity index (χ0) is 17.4. The van der Waals surface area contributed by atoms with Gasteiger partial charge >= 0.3 is 0 Å². The third kappa shape index (κ3) is 3.37. The third-order valence-electron chi connectivity index (χ3n) is 6.28. The van der Waals surface area contributed by atoms with Crippen molar-refractivity contribution in [2.75, 3.05) is 14.2 Å². The van der Waals surface area contributed by atoms with Gasteiger partial charge in [-0.3, -0.25) is 4.79 Å². The average molecular weight is 337 g/mol. The zero-order valence-electron chi connectivity index (χ0n) is 15.2. The standard InChI is InChI=1S/C22H27NO2/c1-23(22(24)13-20-10-15-3-5-18(20)9-15)14-16-4-6-19-12-21(25-2)8-7-17(19)11-16/h4,6-8,11-12,15,18,20H,3,5,9-10,13-14H2,1-2H3/t15-,18-,20-/m1/s1. The Labute approximate surface area is 150 Å². The van der Waals surface area contributed by atoms with E-state index in [-0.39, 0.29) is 0 Å². The van der Waals surface area contributed by atoms with Crippen LogP contribution in [0, 0.1) is 17.8 Å². The number of carbonyl (C=O) groups excluding carboxylic acids is 1. The smallest absolute Gasteiger partial charge is 0.222 e. The van der Waals surface area contributed by atoms with E-state index in [4.69, 9.17) is 4.74 Å². The van der Waals surface area contributed by atoms with Gasteiger partial charge in [-0.05, 0) is 71.6 Å². The molecule has 2 aliphatic rings. The summed E-state index contributed by atoms with van der Waals surface area (Å²) in [5.74, 6) is 3.53. The molecule has 0 N–H and O–H groups in total. The molecule has 132 valence electrons. The van der Waals surface area contributed by atoms with Crippen LogP contribution in [0.15, 0.2) is 36.4 Å². The first kappa shape index (κ1) is 16.4. The Hall–Kier alpha value is -2.03. The van der Waals surface area contributed by atoms with E-state index in [0.29, 0.717) is 18.4 Å². The second-order valence-electron chi connectivity index (χ2n) is 7.94. The molecule has 0 aliphatic heterocycles. The largest absolute Gasteiger partial charge is 0.497 e. The number of hydrogen-bond acceptors (Lipinski definition) is 2. The van der Waals surface area contributed by atoms with E-state index < -0.39 is 0 Å². The molecule has 3 heteroatoms. The fourth-order valence-corrected chi connectivity index (χ4v) is 4.87. The van der Waals surface area contributed by atoms with Crippen LogP contribution in [0.5, 0.6) is 5.75 Å². The van der Waals surface area contributed by atoms with Crippen LogP contribution in [-0.2, 0) is 11.3 Å². The molecule has 2 saturated carbocycles. The summed E-state index contributed by atoms with van der Waals surface area (Å²) in [6, 6.07) is 12.5. The predicted octanol–water partition coefficient (Wildman–Crippen LogP) is 4.63. The summed E-state index contributed by atoms with van der Waals surface area (Å²) in [5, 5.41) is 2.35. The Morgan fingerprint density at radius 1 is 1.12 bits per heavy atom. The zero-order valence-corrected chi connectivity index (χ0v) is 15.2. The van der Waals surface area contributed by atoms with Gasteiger partial charge in [0.05, 0.1) is 7.11 Å². The van der Waals surface area contributed by atoms with Crippen molar-refractivity contribution in [2.24, 2.45) is 17.8 Å². The van der Waals surface area contributed by atoms with Crippen molar-refractivity contribution in [3.05, 3.63) is 42.0 Å². The Kier molecular flexibility index (Phi) is 4.41. The van der Waals surface area contributed by atoms with Crippen LogP contribution in [-0.4, -0.2) is 25.0 Å². The fourth-order valence-electron chi connectivity index (χ4n) is 4.87. The monoisotopic (exact) mass is 337 g/mol. The van der Waals surface area contributed by atoms with Crippen LogP contribution in [0.2, 0.25) is 0 Å². The van der Waals surface area contributed by atoms with Crippen LogP contribution in [0.25, 0.3) is 10.8 Å². The topological polar surface area (TPSA) is 29.5 Å². The molecule has 2 aliphatic carbocycles. The van der Waals surface area contributed by atoms with Gasteiger partial charge in [-0.1, -0.05) is 24.6 Å². The molecular formula is C22H27NO2. The maximum absolute atomic E-state index is 12.6. The van der Waals surface area contributed by atoms with Crippen molar-refractivity contribution in [1.82, 2.24) is 4.90 Å². The first-order valence-corrected chi connectivity index (χ1v) is 9.43. The van der Waals surface area contributed by atoms with E-state index in [1.165, 1.54) is 42.0 Å². The number of benzene rings is 2. The van der Waals surface area contributed by atoms with Crippen molar-refractivity contribution in [3.63, 3.8) is 0 Å². The lowest BCUT2D eigenvalue weighted by atomic mass is 9.86. The van der Waals surface area contributed by atoms with Gasteiger partial charge in [0.25, 0.3) is 0 Å². The molecule has 25 heavy (non-hydrogen) atoms. The van der Waals surface area contributed by atoms with Crippen molar-refractivity contribution in [1.29, 1.82) is 0 Å². The number of nitrogens with zero attached hydrogens (tertiary/aromatic N) is 1. The molecule has 3 nitrogen and oxygen atoms in total. The van der Waals surface area contributed by atoms with Crippen molar-refractivity contribution in [3.8, 4) is 5.75 Å². The highest BCUT2D eigenvalue weighted by atomic mass is 16.5. The van der Waals surface area contributed by atoms with Gasteiger partial charge in [0.1, 0.15) is 5.75 Å². The number of amides is 1. The molecule has 0 unspecified atom stereocenters. The average Bonchev–Trinajstić information content (AvgIpc) is 3.24. The van der Waals surface area contributed by atoms with Gasteiger partial charge in [-0.15, -0.1) is 0 Å². The summed E-state index contributed by atoms with van der Waals surface area (Å²) in [7, 11) is 3.63. The van der Waals surface area contributed by atoms with Gasteiger partial charge in [0.15, 0.2) is 0 Å². The molecule has 4 rings (SSSR count). The Morgan fingerprint density at radius 2 is 1.92 bits per heavy atom. The molecule has 0 heterocycles. The minimum atomic E-state index is 0.298. The lowest BCUT2D eigenvalue weighted by molar-refractivity contribution is -0.131. The maximum Gasteiger partial charge on any atom is 0.222 e. The van der Waals surface area contributed by atoms with Crippen LogP contribution < -0.4 is 4.74 Å². The normalized spacial score (nSPS) is 24.6. The van der Waals surface area contributed by atoms with E-state index in [0.717, 1.165) is 24.0 Å². The van der Waals surface area contributed by atoms with E-state index in [1.54, 1.807) is 7.11 Å². The summed E-state index contributed by atoms with van der Waals surface area (Å²) >= 11 is 0. The maximum atomic E-state index is 12.6. The van der Waals surface area contributed by atoms with E-state index in [1.807, 2.05) is 24.1 Å². The number of rotatable bonds is 5. The molecule has 0 aromatic heterocycles. The first-order valence-electron chi connectivity index (χ1n) is 9.43. The van der Waals surface area contributed by atoms with E-state index >= 15 is 0 Å². The van der Waals surface area contributed by atoms with Crippen LogP contribution in [0.4, 0.5) is 0 Å². The lowest BCUT2D eigenvalue weighted by Gasteiger charge is -2.24. The van der Waals surface area contributed by atoms with Gasteiger partial charge in [0, 0.05) is 20.0 Å². The van der Waals surface area contributed by atoms with Crippen LogP contribution in [0.3, 0.4) is 0 Å². The molecule has 2 aromatic rings. The SMILES string of the molecule is COc1ccc2cc(CN(C)C(=O)C[C@H]3C[C@@H]4CC[C@@H]3C4)ccc2c1. The Bertz CT molecular complexity index is 785. The second-order valence-corrected chi connectivity index (χ2v) is 7.94. The summed E-state index contributed by atoms with van der Waals surface area (Å²) in [4.78, 5) is 14.5. The molecule has 1 amide bonds. The number of hydrogen-bond donors (Lipinski definition) is 0. The molecule has 2 bridgehead atoms. The molecule has 3 atom stereocenters. The minimum Gasteiger partial charge on any atom is -0.497 e. The highest BCUT2D eigenvalue weighted by molar-refractivity contribution is 5.84. The second kappa shape index (κ2) is 6.70. The van der Waals surface area contributed by atoms with E-state index in [9.17, 15) is 4.79 Å². The van der Waals surface area contributed by atoms with E-state index in [2.05, 4.69) is 24.3 Å². The molecule has 0 saturated heterocycles. The Morgan fingerprint density at radius 3 is 2.64 bits per heavy atom. The number of methoxy groups -OCH3 is 1. The summed E-state index contributed by atoms with van der Waals surface area (Å²) in [6.07, 6.45) is 6.13. The van der Waals surface area contributed by atoms with Gasteiger partial charge in [0.2, 0.25) is 5.91 Å². The lowest BCUT2D eigenvalue weighted by Crippen LogP contribution is -2.29.